The van der Waals surface area contributed by atoms with Crippen LogP contribution in [-0.4, -0.2) is 221 Å². The van der Waals surface area contributed by atoms with Gasteiger partial charge in [0.25, 0.3) is 11.8 Å². The Kier molecular flexibility index (Phi) is 33.9. The fraction of sp³-hybridized carbons (Fsp3) is 0.458. The molecular formula is C96H114N12O24S. The predicted molar refractivity (Wildman–Crippen MR) is 492 cm³/mol. The highest BCUT2D eigenvalue weighted by molar-refractivity contribution is 8.00. The Bertz CT molecular complexity index is 5400. The van der Waals surface area contributed by atoms with Crippen molar-refractivity contribution >= 4 is 146 Å². The van der Waals surface area contributed by atoms with Crippen LogP contribution in [-0.2, 0) is 103 Å². The number of nitrogens with zero attached hydrogens (tertiary/aromatic N) is 5. The zero-order chi connectivity index (χ0) is 95.4. The molecule has 37 heteroatoms. The molecule has 2 unspecified atom stereocenters. The lowest BCUT2D eigenvalue weighted by molar-refractivity contribution is -0.139. The van der Waals surface area contributed by atoms with Crippen LogP contribution in [0.15, 0.2) is 115 Å². The lowest BCUT2D eigenvalue weighted by atomic mass is 9.92. The van der Waals surface area contributed by atoms with Gasteiger partial charge in [-0.3, -0.25) is 81.8 Å². The number of rotatable bonds is 23. The van der Waals surface area contributed by atoms with Crippen molar-refractivity contribution < 1.29 is 115 Å². The number of thioether (sulfide) groups is 1. The zero-order valence-corrected chi connectivity index (χ0v) is 77.0. The monoisotopic (exact) mass is 1850 g/mol. The minimum Gasteiger partial charge on any atom is -0.493 e. The number of para-hydroxylation sites is 1. The topological polar surface area (TPSA) is 447 Å². The minimum absolute atomic E-state index is 0.00701. The summed E-state index contributed by atoms with van der Waals surface area (Å²) in [5.74, 6) is -8.85. The summed E-state index contributed by atoms with van der Waals surface area (Å²) in [6.45, 7) is 9.56. The van der Waals surface area contributed by atoms with Crippen molar-refractivity contribution in [2.45, 2.75) is 186 Å². The van der Waals surface area contributed by atoms with Crippen LogP contribution in [0.3, 0.4) is 0 Å². The van der Waals surface area contributed by atoms with E-state index in [0.29, 0.717) is 77.6 Å². The Labute approximate surface area is 774 Å². The summed E-state index contributed by atoms with van der Waals surface area (Å²) in [5.41, 5.74) is 5.02. The summed E-state index contributed by atoms with van der Waals surface area (Å²) in [6.07, 6.45) is 0.481. The van der Waals surface area contributed by atoms with Gasteiger partial charge in [-0.25, -0.2) is 9.59 Å². The van der Waals surface area contributed by atoms with Crippen LogP contribution in [0.2, 0.25) is 0 Å². The SMILES string of the molecule is COCCOCCC(=O)NCCCC[C@H](CC(=O)[C@H](C)NC(=O)CCN1C(=O)CC(SC)C1=O)C(=O)Nc1ccc2c(c1)C[C@H]1C(C)N3C(=O)OCc4ccc(cc4)NC(=O)[C@H](C)NC(=O)[C@H](C)CC(=O)CCC(=O)C[C@@H](C)C(=O)N[C@@H](C)C(=O)Nc4ccc(cc4)COC(=O)N4C[C@@H]5Cc6ccccc6N5C(=O)c5cc(OC)c(cc54)OCCCOc4cc3c(cc4OC)C(=O)N21. The molecule has 9 aliphatic heterocycles. The third kappa shape index (κ3) is 24.7. The van der Waals surface area contributed by atoms with E-state index in [2.05, 4.69) is 37.2 Å². The second kappa shape index (κ2) is 45.7. The summed E-state index contributed by atoms with van der Waals surface area (Å²) in [4.78, 5) is 228. The number of unbranched alkanes of at least 4 members (excludes halogenated alkanes) is 1. The highest BCUT2D eigenvalue weighted by Gasteiger charge is 2.48. The molecule has 0 aromatic heterocycles. The first-order valence-electron chi connectivity index (χ1n) is 44.6. The molecule has 0 aliphatic carbocycles. The number of likely N-dealkylation sites (tertiary alicyclic amines) is 1. The average molecular weight is 1850 g/mol. The molecule has 133 heavy (non-hydrogen) atoms. The molecule has 36 nitrogen and oxygen atoms in total. The van der Waals surface area contributed by atoms with Crippen LogP contribution in [0.1, 0.15) is 162 Å². The normalized spacial score (nSPS) is 21.2. The molecule has 13 amide bonds. The van der Waals surface area contributed by atoms with Crippen molar-refractivity contribution in [3.63, 3.8) is 0 Å². The molecule has 15 rings (SSSR count). The van der Waals surface area contributed by atoms with Crippen molar-refractivity contribution in [3.8, 4) is 23.0 Å². The lowest BCUT2D eigenvalue weighted by Crippen LogP contribution is -2.51. The molecular weight excluding hydrogens is 1740 g/mol. The number of ether oxygens (including phenoxy) is 8. The van der Waals surface area contributed by atoms with Gasteiger partial charge < -0.3 is 84.9 Å². The minimum atomic E-state index is -1.09. The van der Waals surface area contributed by atoms with Crippen LogP contribution < -0.4 is 75.8 Å². The molecule has 9 heterocycles. The largest absolute Gasteiger partial charge is 0.493 e. The molecule has 9 aliphatic rings. The smallest absolute Gasteiger partial charge is 0.414 e. The summed E-state index contributed by atoms with van der Waals surface area (Å²) in [6, 6.07) is 25.9. The molecule has 6 aromatic rings. The predicted octanol–water partition coefficient (Wildman–Crippen LogP) is 9.51. The number of methoxy groups -OCH3 is 3. The molecule has 0 radical (unpaired) electrons. The highest BCUT2D eigenvalue weighted by atomic mass is 32.2. The number of carbonyl (C=O) groups excluding carboxylic acids is 16. The molecule has 10 atom stereocenters. The van der Waals surface area contributed by atoms with Crippen LogP contribution >= 0.6 is 11.8 Å². The van der Waals surface area contributed by atoms with Gasteiger partial charge in [-0.1, -0.05) is 62.7 Å². The molecule has 8 bridgehead atoms. The quantitative estimate of drug-likeness (QED) is 0.0232. The Morgan fingerprint density at radius 3 is 1.74 bits per heavy atom. The number of hydrogen-bond donors (Lipinski definition) is 7. The van der Waals surface area contributed by atoms with Crippen molar-refractivity contribution in [1.82, 2.24) is 26.2 Å². The average Bonchev–Trinajstić information content (AvgIpc) is 1.57. The lowest BCUT2D eigenvalue weighted by Gasteiger charge is -2.33. The number of Topliss-reactive ketones (excluding diaryl/α,β-unsaturated/α-hetero) is 3. The van der Waals surface area contributed by atoms with Gasteiger partial charge in [0.15, 0.2) is 28.8 Å². The second-order valence-corrected chi connectivity index (χ2v) is 34.9. The molecule has 6 aromatic carbocycles. The van der Waals surface area contributed by atoms with E-state index in [-0.39, 0.29) is 186 Å². The van der Waals surface area contributed by atoms with Crippen LogP contribution in [0.4, 0.5) is 49.4 Å². The second-order valence-electron chi connectivity index (χ2n) is 33.9. The number of nitrogens with one attached hydrogen (secondary N) is 7. The Balaban J connectivity index is 0.796. The van der Waals surface area contributed by atoms with Crippen molar-refractivity contribution in [2.24, 2.45) is 17.8 Å². The van der Waals surface area contributed by atoms with Crippen LogP contribution in [0.5, 0.6) is 23.0 Å². The number of fused-ring (bicyclic) bond motifs is 6. The van der Waals surface area contributed by atoms with Gasteiger partial charge in [-0.15, -0.1) is 0 Å². The van der Waals surface area contributed by atoms with Crippen molar-refractivity contribution in [1.29, 1.82) is 0 Å². The summed E-state index contributed by atoms with van der Waals surface area (Å²) < 4.78 is 47.4. The van der Waals surface area contributed by atoms with Gasteiger partial charge in [-0.05, 0) is 143 Å². The number of benzene rings is 6. The third-order valence-electron chi connectivity index (χ3n) is 24.3. The van der Waals surface area contributed by atoms with E-state index in [4.69, 9.17) is 37.9 Å². The van der Waals surface area contributed by atoms with Crippen LogP contribution in [0, 0.1) is 17.8 Å². The number of amides is 13. The first-order valence-corrected chi connectivity index (χ1v) is 45.9. The van der Waals surface area contributed by atoms with Crippen LogP contribution in [0.25, 0.3) is 0 Å². The van der Waals surface area contributed by atoms with E-state index in [1.807, 2.05) is 24.3 Å². The number of carbonyl (C=O) groups is 16. The van der Waals surface area contributed by atoms with E-state index in [9.17, 15) is 67.1 Å². The maximum Gasteiger partial charge on any atom is 0.414 e. The summed E-state index contributed by atoms with van der Waals surface area (Å²) in [5, 5.41) is 18.8. The summed E-state index contributed by atoms with van der Waals surface area (Å²) in [7, 11) is 4.34. The van der Waals surface area contributed by atoms with Crippen molar-refractivity contribution in [3.05, 3.63) is 149 Å². The molecule has 1 fully saturated rings. The van der Waals surface area contributed by atoms with E-state index in [0.717, 1.165) is 10.5 Å². The molecule has 0 saturated carbocycles. The molecule has 708 valence electrons. The molecule has 7 N–H and O–H groups in total. The molecule has 0 spiro atoms. The van der Waals surface area contributed by atoms with Crippen molar-refractivity contribution in [2.75, 3.05) is 116 Å². The van der Waals surface area contributed by atoms with E-state index in [1.165, 1.54) is 88.6 Å². The van der Waals surface area contributed by atoms with Gasteiger partial charge >= 0.3 is 12.2 Å². The van der Waals surface area contributed by atoms with Gasteiger partial charge in [0, 0.05) is 136 Å². The van der Waals surface area contributed by atoms with Gasteiger partial charge in [0.2, 0.25) is 53.2 Å². The highest BCUT2D eigenvalue weighted by Crippen LogP contribution is 2.47. The maximum absolute atomic E-state index is 15.7. The van der Waals surface area contributed by atoms with Gasteiger partial charge in [-0.2, -0.15) is 11.8 Å². The maximum atomic E-state index is 15.7. The standard InChI is InChI=1S/C96H114N12O24S/c1-54-40-69(109)28-29-70(110)41-55(2)88(116)100-58(5)90(118)102-66-25-21-61(22-26-66)53-132-96(124)106-59(6)75-44-64-42-67(103-91(119)63(17-13-14-33-97-84(112)32-37-128-39-38-125-7)45-78(111)56(3)98-85(113)31-34-104-86(114)50-83(133-10)94(104)122)27-30-74(64)108(75)93(121)72-47-80(127-9)82(49-77(72)106)130-36-15-35-129-81-48-76-71(46-79(81)126-8)92(120)107-68(43-62-16-11-12-18-73(62)107)51-105(76)95(123)131-52-60-19-23-65(24-20-60)101-89(117)57(4)99-87(54)115/h11-12,16,18-27,30,42,46-49,54-59,63,68,75,83H,13-15,17,28-29,31-41,43-45,50-53H2,1-10H3,(H,97,112)(H,98,113)(H,99,115)(H,100,116)(H,101,117)(H,102,118)(H,103,119)/t54-,55-,56+,57+,58+,59?,63-,68+,75+,83?/m1/s1. The first kappa shape index (κ1) is 98.7. The Morgan fingerprint density at radius 1 is 0.564 bits per heavy atom. The Morgan fingerprint density at radius 2 is 1.14 bits per heavy atom. The van der Waals surface area contributed by atoms with Gasteiger partial charge in [0.05, 0.1) is 106 Å². The van der Waals surface area contributed by atoms with E-state index >= 15 is 9.59 Å². The Hall–Kier alpha value is -13.3. The third-order valence-corrected chi connectivity index (χ3v) is 25.2. The first-order chi connectivity index (χ1) is 63.8. The fourth-order valence-electron chi connectivity index (χ4n) is 16.7. The number of ketones is 3. The summed E-state index contributed by atoms with van der Waals surface area (Å²) >= 11 is 1.25. The van der Waals surface area contributed by atoms with E-state index < -0.39 is 136 Å². The molecule has 1 saturated heterocycles. The van der Waals surface area contributed by atoms with Gasteiger partial charge in [0.1, 0.15) is 36.9 Å². The zero-order valence-electron chi connectivity index (χ0n) is 76.2. The number of anilines is 7. The number of imide groups is 1. The fourth-order valence-corrected chi connectivity index (χ4v) is 17.4. The van der Waals surface area contributed by atoms with E-state index in [1.54, 1.807) is 103 Å². The number of hydrogen-bond acceptors (Lipinski definition) is 25.